The third kappa shape index (κ3) is 4.64. The summed E-state index contributed by atoms with van der Waals surface area (Å²) < 4.78 is 5.21. The van der Waals surface area contributed by atoms with Crippen LogP contribution in [0.5, 0.6) is 0 Å². The van der Waals surface area contributed by atoms with Gasteiger partial charge in [0.15, 0.2) is 11.5 Å². The first-order chi connectivity index (χ1) is 15.3. The first-order valence-electron chi connectivity index (χ1n) is 11.2. The highest BCUT2D eigenvalue weighted by molar-refractivity contribution is 5.95. The number of fused-ring (bicyclic) bond motifs is 2. The lowest BCUT2D eigenvalue weighted by molar-refractivity contribution is 0.0947. The third-order valence-corrected chi connectivity index (χ3v) is 6.39. The van der Waals surface area contributed by atoms with Crippen LogP contribution in [0.25, 0.3) is 17.7 Å². The number of Topliss-reactive ketones (excluding diaryl/α,β-unsaturated/α-hetero) is 1. The van der Waals surface area contributed by atoms with Crippen LogP contribution in [0.2, 0.25) is 0 Å². The molecule has 1 aliphatic heterocycles. The zero-order valence-corrected chi connectivity index (χ0v) is 18.9. The van der Waals surface area contributed by atoms with Gasteiger partial charge in [-0.1, -0.05) is 66.3 Å². The minimum atomic E-state index is 0. The summed E-state index contributed by atoms with van der Waals surface area (Å²) in [5.41, 5.74) is 8.24. The zero-order valence-electron chi connectivity index (χ0n) is 18.1. The van der Waals surface area contributed by atoms with Crippen molar-refractivity contribution < 1.29 is 9.21 Å². The molecule has 5 rings (SSSR count). The largest absolute Gasteiger partial charge is 0.461 e. The van der Waals surface area contributed by atoms with Crippen molar-refractivity contribution in [1.82, 2.24) is 4.90 Å². The molecule has 0 atom stereocenters. The Morgan fingerprint density at radius 2 is 1.47 bits per heavy atom. The fraction of sp³-hybridized carbons (Fsp3) is 0.250. The van der Waals surface area contributed by atoms with E-state index in [0.29, 0.717) is 12.2 Å². The molecular formula is C28H28ClNO2. The van der Waals surface area contributed by atoms with Crippen LogP contribution in [0, 0.1) is 0 Å². The van der Waals surface area contributed by atoms with Crippen LogP contribution in [-0.2, 0) is 0 Å². The van der Waals surface area contributed by atoms with Gasteiger partial charge in [0, 0.05) is 19.5 Å². The van der Waals surface area contributed by atoms with Gasteiger partial charge in [0.1, 0.15) is 0 Å². The summed E-state index contributed by atoms with van der Waals surface area (Å²) in [5.74, 6) is 0.578. The molecule has 0 bridgehead atoms. The number of rotatable bonds is 5. The van der Waals surface area contributed by atoms with Gasteiger partial charge in [-0.3, -0.25) is 4.79 Å². The van der Waals surface area contributed by atoms with Crippen molar-refractivity contribution in [2.24, 2.45) is 0 Å². The van der Waals surface area contributed by atoms with Gasteiger partial charge in [-0.15, -0.1) is 12.4 Å². The molecule has 1 fully saturated rings. The molecule has 2 aliphatic rings. The molecule has 0 amide bonds. The molecule has 1 aromatic heterocycles. The van der Waals surface area contributed by atoms with Gasteiger partial charge in [0.05, 0.1) is 6.26 Å². The molecule has 3 aromatic rings. The van der Waals surface area contributed by atoms with Gasteiger partial charge < -0.3 is 9.32 Å². The van der Waals surface area contributed by atoms with Crippen LogP contribution in [0.3, 0.4) is 0 Å². The Hall–Kier alpha value is -2.88. The molecule has 2 aromatic carbocycles. The minimum Gasteiger partial charge on any atom is -0.461 e. The average Bonchev–Trinajstić information content (AvgIpc) is 3.30. The first-order valence-corrected chi connectivity index (χ1v) is 11.2. The zero-order chi connectivity index (χ0) is 21.0. The second-order valence-corrected chi connectivity index (χ2v) is 8.33. The van der Waals surface area contributed by atoms with E-state index in [9.17, 15) is 4.79 Å². The summed E-state index contributed by atoms with van der Waals surface area (Å²) >= 11 is 0. The highest BCUT2D eigenvalue weighted by Gasteiger charge is 2.22. The van der Waals surface area contributed by atoms with Gasteiger partial charge in [-0.2, -0.15) is 0 Å². The van der Waals surface area contributed by atoms with E-state index in [4.69, 9.17) is 4.42 Å². The second kappa shape index (κ2) is 10.2. The number of carbonyl (C=O) groups is 1. The van der Waals surface area contributed by atoms with Crippen LogP contribution >= 0.6 is 12.4 Å². The Balaban J connectivity index is 0.00000245. The van der Waals surface area contributed by atoms with E-state index in [1.165, 1.54) is 27.8 Å². The summed E-state index contributed by atoms with van der Waals surface area (Å²) in [6, 6.07) is 21.0. The molecular weight excluding hydrogens is 418 g/mol. The molecule has 0 unspecified atom stereocenters. The fourth-order valence-corrected chi connectivity index (χ4v) is 4.77. The Bertz CT molecular complexity index is 1080. The van der Waals surface area contributed by atoms with Crippen LogP contribution in [0.1, 0.15) is 58.5 Å². The maximum absolute atomic E-state index is 12.1. The summed E-state index contributed by atoms with van der Waals surface area (Å²) in [5, 5.41) is 0. The smallest absolute Gasteiger partial charge is 0.198 e. The van der Waals surface area contributed by atoms with Crippen LogP contribution in [0.4, 0.5) is 0 Å². The fourth-order valence-electron chi connectivity index (χ4n) is 4.77. The maximum Gasteiger partial charge on any atom is 0.198 e. The number of ketones is 1. The van der Waals surface area contributed by atoms with Crippen molar-refractivity contribution >= 4 is 35.9 Å². The lowest BCUT2D eigenvalue weighted by Gasteiger charge is -2.30. The van der Waals surface area contributed by atoms with Gasteiger partial charge in [-0.25, -0.2) is 0 Å². The Morgan fingerprint density at radius 1 is 0.844 bits per heavy atom. The molecule has 32 heavy (non-hydrogen) atoms. The Morgan fingerprint density at radius 3 is 2.06 bits per heavy atom. The molecule has 0 spiro atoms. The summed E-state index contributed by atoms with van der Waals surface area (Å²) in [4.78, 5) is 14.6. The number of piperidine rings is 1. The lowest BCUT2D eigenvalue weighted by atomic mass is 9.86. The normalized spacial score (nSPS) is 15.5. The van der Waals surface area contributed by atoms with E-state index in [-0.39, 0.29) is 18.2 Å². The maximum atomic E-state index is 12.1. The minimum absolute atomic E-state index is 0. The van der Waals surface area contributed by atoms with E-state index in [0.717, 1.165) is 38.9 Å². The van der Waals surface area contributed by atoms with Crippen LogP contribution < -0.4 is 0 Å². The van der Waals surface area contributed by atoms with E-state index in [2.05, 4.69) is 65.6 Å². The van der Waals surface area contributed by atoms with Gasteiger partial charge >= 0.3 is 0 Å². The van der Waals surface area contributed by atoms with Gasteiger partial charge in [0.2, 0.25) is 0 Å². The van der Waals surface area contributed by atoms with E-state index in [1.807, 2.05) is 0 Å². The lowest BCUT2D eigenvalue weighted by Crippen LogP contribution is -2.32. The van der Waals surface area contributed by atoms with E-state index in [1.54, 1.807) is 24.0 Å². The summed E-state index contributed by atoms with van der Waals surface area (Å²) in [7, 11) is 0. The molecule has 1 aliphatic carbocycles. The molecule has 4 heteroatoms. The molecule has 0 N–H and O–H groups in total. The van der Waals surface area contributed by atoms with Crippen molar-refractivity contribution in [3.8, 4) is 0 Å². The standard InChI is InChI=1S/C28H27NO2.ClH/c30-26(27-12-6-20-31-27)11-5-17-29-18-15-23(16-19-29)28-24-9-3-1-7-21(24)13-14-22-8-2-4-10-25(22)28;/h1-4,6-10,12-14,20H,5,11,15-19H2;1H. The number of benzene rings is 2. The van der Waals surface area contributed by atoms with Gasteiger partial charge in [-0.05, 0) is 65.8 Å². The summed E-state index contributed by atoms with van der Waals surface area (Å²) in [6.45, 7) is 3.06. The monoisotopic (exact) mass is 445 g/mol. The summed E-state index contributed by atoms with van der Waals surface area (Å²) in [6.07, 6.45) is 9.62. The van der Waals surface area contributed by atoms with Crippen LogP contribution in [0.15, 0.2) is 76.9 Å². The SMILES string of the molecule is Cl.O=C(CCCN1CCC(=C2c3ccccc3C=Cc3ccccc32)CC1)c1ccco1. The van der Waals surface area contributed by atoms with Crippen molar-refractivity contribution in [2.75, 3.05) is 19.6 Å². The number of halogens is 1. The van der Waals surface area contributed by atoms with Crippen molar-refractivity contribution in [1.29, 1.82) is 0 Å². The number of furan rings is 1. The van der Waals surface area contributed by atoms with E-state index < -0.39 is 0 Å². The third-order valence-electron chi connectivity index (χ3n) is 6.39. The average molecular weight is 446 g/mol. The molecule has 164 valence electrons. The van der Waals surface area contributed by atoms with Crippen molar-refractivity contribution in [3.05, 3.63) is 101 Å². The highest BCUT2D eigenvalue weighted by Crippen LogP contribution is 2.38. The molecule has 2 heterocycles. The highest BCUT2D eigenvalue weighted by atomic mass is 35.5. The number of likely N-dealkylation sites (tertiary alicyclic amines) is 1. The predicted molar refractivity (Wildman–Crippen MR) is 133 cm³/mol. The second-order valence-electron chi connectivity index (χ2n) is 8.33. The van der Waals surface area contributed by atoms with Crippen molar-refractivity contribution in [2.45, 2.75) is 25.7 Å². The molecule has 1 saturated heterocycles. The number of carbonyl (C=O) groups excluding carboxylic acids is 1. The van der Waals surface area contributed by atoms with Gasteiger partial charge in [0.25, 0.3) is 0 Å². The quantitative estimate of drug-likeness (QED) is 0.319. The number of hydrogen-bond donors (Lipinski definition) is 0. The molecule has 3 nitrogen and oxygen atoms in total. The topological polar surface area (TPSA) is 33.5 Å². The number of nitrogens with zero attached hydrogens (tertiary/aromatic N) is 1. The van der Waals surface area contributed by atoms with Crippen LogP contribution in [-0.4, -0.2) is 30.3 Å². The Kier molecular flexibility index (Phi) is 7.09. The number of hydrogen-bond acceptors (Lipinski definition) is 3. The molecule has 0 saturated carbocycles. The van der Waals surface area contributed by atoms with Crippen molar-refractivity contribution in [3.63, 3.8) is 0 Å². The first kappa shape index (κ1) is 22.3. The Labute approximate surface area is 195 Å². The van der Waals surface area contributed by atoms with E-state index >= 15 is 0 Å². The molecule has 0 radical (unpaired) electrons. The predicted octanol–water partition coefficient (Wildman–Crippen LogP) is 6.75.